The summed E-state index contributed by atoms with van der Waals surface area (Å²) in [6, 6.07) is 10.2. The van der Waals surface area contributed by atoms with Crippen LogP contribution in [0.5, 0.6) is 0 Å². The highest BCUT2D eigenvalue weighted by atomic mass is 127. The van der Waals surface area contributed by atoms with Crippen LogP contribution in [0.3, 0.4) is 0 Å². The molecule has 0 saturated heterocycles. The molecule has 3 rings (SSSR count). The van der Waals surface area contributed by atoms with Crippen LogP contribution in [-0.2, 0) is 4.74 Å². The van der Waals surface area contributed by atoms with E-state index in [2.05, 4.69) is 34.7 Å². The van der Waals surface area contributed by atoms with E-state index in [-0.39, 0.29) is 6.23 Å². The largest absolute Gasteiger partial charge is 0.353 e. The average molecular weight is 350 g/mol. The third-order valence-electron chi connectivity index (χ3n) is 3.05. The number of aromatic nitrogens is 1. The highest BCUT2D eigenvalue weighted by molar-refractivity contribution is 14.1. The van der Waals surface area contributed by atoms with Crippen LogP contribution in [0.4, 0.5) is 0 Å². The predicted molar refractivity (Wildman–Crippen MR) is 78.6 cm³/mol. The molecule has 1 aliphatic rings. The van der Waals surface area contributed by atoms with Gasteiger partial charge in [-0.25, -0.2) is 0 Å². The molecule has 0 bridgehead atoms. The molecule has 0 aliphatic carbocycles. The van der Waals surface area contributed by atoms with Crippen LogP contribution in [0.2, 0.25) is 0 Å². The van der Waals surface area contributed by atoms with Crippen molar-refractivity contribution in [2.45, 2.75) is 10.2 Å². The van der Waals surface area contributed by atoms with Gasteiger partial charge in [0.1, 0.15) is 6.07 Å². The molecule has 0 spiro atoms. The highest BCUT2D eigenvalue weighted by Gasteiger charge is 2.18. The van der Waals surface area contributed by atoms with E-state index in [0.29, 0.717) is 16.1 Å². The van der Waals surface area contributed by atoms with E-state index in [9.17, 15) is 0 Å². The molecule has 0 fully saturated rings. The normalized spacial score (nSPS) is 23.1. The molecule has 0 amide bonds. The first-order chi connectivity index (χ1) is 8.79. The van der Waals surface area contributed by atoms with E-state index >= 15 is 0 Å². The number of hydrogen-bond acceptors (Lipinski definition) is 2. The third-order valence-corrected chi connectivity index (χ3v) is 3.82. The first-order valence-corrected chi connectivity index (χ1v) is 6.98. The Labute approximate surface area is 119 Å². The van der Waals surface area contributed by atoms with Crippen molar-refractivity contribution in [1.82, 2.24) is 4.57 Å². The zero-order valence-corrected chi connectivity index (χ0v) is 11.7. The number of ether oxygens (including phenoxy) is 1. The van der Waals surface area contributed by atoms with E-state index in [1.165, 1.54) is 0 Å². The summed E-state index contributed by atoms with van der Waals surface area (Å²) in [7, 11) is 0. The standard InChI is InChI=1S/C14H11IN2O/c15-11-5-6-14(18-9-11)17-8-10(7-16)12-3-1-2-4-13(12)17/h1-6,8,11,14H,9H2/t11-,14-/m0/s1. The van der Waals surface area contributed by atoms with Gasteiger partial charge in [0.25, 0.3) is 0 Å². The Kier molecular flexibility index (Phi) is 3.10. The zero-order chi connectivity index (χ0) is 12.5. The molecule has 18 heavy (non-hydrogen) atoms. The van der Waals surface area contributed by atoms with Gasteiger partial charge in [-0.2, -0.15) is 5.26 Å². The summed E-state index contributed by atoms with van der Waals surface area (Å²) < 4.78 is 8.25. The molecule has 0 N–H and O–H groups in total. The number of benzene rings is 1. The van der Waals surface area contributed by atoms with Crippen LogP contribution in [0.1, 0.15) is 11.8 Å². The Morgan fingerprint density at radius 2 is 2.17 bits per heavy atom. The maximum atomic E-state index is 9.17. The highest BCUT2D eigenvalue weighted by Crippen LogP contribution is 2.28. The van der Waals surface area contributed by atoms with Crippen molar-refractivity contribution in [2.75, 3.05) is 6.61 Å². The third kappa shape index (κ3) is 1.93. The van der Waals surface area contributed by atoms with Gasteiger partial charge < -0.3 is 9.30 Å². The maximum absolute atomic E-state index is 9.17. The number of alkyl halides is 1. The Bertz CT molecular complexity index is 653. The lowest BCUT2D eigenvalue weighted by atomic mass is 10.2. The lowest BCUT2D eigenvalue weighted by Crippen LogP contribution is -2.19. The second-order valence-corrected chi connectivity index (χ2v) is 5.80. The van der Waals surface area contributed by atoms with Gasteiger partial charge in [0.05, 0.1) is 21.6 Å². The van der Waals surface area contributed by atoms with Gasteiger partial charge in [-0.15, -0.1) is 0 Å². The zero-order valence-electron chi connectivity index (χ0n) is 9.58. The van der Waals surface area contributed by atoms with Crippen molar-refractivity contribution in [2.24, 2.45) is 0 Å². The number of fused-ring (bicyclic) bond motifs is 1. The van der Waals surface area contributed by atoms with Crippen molar-refractivity contribution in [3.63, 3.8) is 0 Å². The minimum absolute atomic E-state index is 0.108. The van der Waals surface area contributed by atoms with Crippen LogP contribution >= 0.6 is 22.6 Å². The summed E-state index contributed by atoms with van der Waals surface area (Å²) in [6.07, 6.45) is 5.96. The summed E-state index contributed by atoms with van der Waals surface area (Å²) >= 11 is 2.34. The van der Waals surface area contributed by atoms with Crippen molar-refractivity contribution in [3.8, 4) is 6.07 Å². The fourth-order valence-corrected chi connectivity index (χ4v) is 2.64. The molecule has 2 atom stereocenters. The van der Waals surface area contributed by atoms with Gasteiger partial charge in [-0.3, -0.25) is 0 Å². The lowest BCUT2D eigenvalue weighted by Gasteiger charge is -2.22. The van der Waals surface area contributed by atoms with Gasteiger partial charge in [0, 0.05) is 11.6 Å². The fraction of sp³-hybridized carbons (Fsp3) is 0.214. The van der Waals surface area contributed by atoms with Gasteiger partial charge in [-0.05, 0) is 12.1 Å². The Morgan fingerprint density at radius 3 is 2.89 bits per heavy atom. The van der Waals surface area contributed by atoms with E-state index in [4.69, 9.17) is 10.00 Å². The van der Waals surface area contributed by atoms with Crippen LogP contribution < -0.4 is 0 Å². The number of hydrogen-bond donors (Lipinski definition) is 0. The van der Waals surface area contributed by atoms with Gasteiger partial charge in [0.2, 0.25) is 0 Å². The molecule has 2 heterocycles. The molecular formula is C14H11IN2O. The Balaban J connectivity index is 2.13. The summed E-state index contributed by atoms with van der Waals surface area (Å²) in [5, 5.41) is 10.1. The van der Waals surface area contributed by atoms with Crippen LogP contribution in [-0.4, -0.2) is 15.1 Å². The van der Waals surface area contributed by atoms with Crippen molar-refractivity contribution >= 4 is 33.5 Å². The van der Waals surface area contributed by atoms with E-state index < -0.39 is 0 Å². The molecule has 4 heteroatoms. The van der Waals surface area contributed by atoms with E-state index in [1.54, 1.807) is 0 Å². The second kappa shape index (κ2) is 4.75. The number of para-hydroxylation sites is 1. The van der Waals surface area contributed by atoms with Crippen molar-refractivity contribution in [3.05, 3.63) is 48.2 Å². The SMILES string of the molecule is N#Cc1cn([C@@H]2C=C[C@H](I)CO2)c2ccccc12. The summed E-state index contributed by atoms with van der Waals surface area (Å²) in [6.45, 7) is 0.704. The number of nitriles is 1. The average Bonchev–Trinajstić information content (AvgIpc) is 2.79. The molecular weight excluding hydrogens is 339 g/mol. The van der Waals surface area contributed by atoms with Crippen LogP contribution in [0.15, 0.2) is 42.6 Å². The number of nitrogens with zero attached hydrogens (tertiary/aromatic N) is 2. The molecule has 1 aliphatic heterocycles. The number of rotatable bonds is 1. The minimum atomic E-state index is -0.108. The first kappa shape index (κ1) is 11.8. The molecule has 0 unspecified atom stereocenters. The topological polar surface area (TPSA) is 38.0 Å². The minimum Gasteiger partial charge on any atom is -0.353 e. The van der Waals surface area contributed by atoms with Gasteiger partial charge in [-0.1, -0.05) is 46.9 Å². The molecule has 3 nitrogen and oxygen atoms in total. The van der Waals surface area contributed by atoms with Crippen LogP contribution in [0.25, 0.3) is 10.9 Å². The molecule has 0 radical (unpaired) electrons. The van der Waals surface area contributed by atoms with Crippen molar-refractivity contribution in [1.29, 1.82) is 5.26 Å². The Hall–Kier alpha value is -1.32. The van der Waals surface area contributed by atoms with Crippen molar-refractivity contribution < 1.29 is 4.74 Å². The predicted octanol–water partition coefficient (Wildman–Crippen LogP) is 3.40. The van der Waals surface area contributed by atoms with Crippen LogP contribution in [0, 0.1) is 11.3 Å². The monoisotopic (exact) mass is 350 g/mol. The second-order valence-electron chi connectivity index (χ2n) is 4.20. The molecule has 1 aromatic carbocycles. The van der Waals surface area contributed by atoms with E-state index in [0.717, 1.165) is 10.9 Å². The van der Waals surface area contributed by atoms with E-state index in [1.807, 2.05) is 41.1 Å². The first-order valence-electron chi connectivity index (χ1n) is 5.73. The quantitative estimate of drug-likeness (QED) is 0.449. The fourth-order valence-electron chi connectivity index (χ4n) is 2.19. The molecule has 0 saturated carbocycles. The molecule has 2 aromatic rings. The summed E-state index contributed by atoms with van der Waals surface area (Å²) in [5.74, 6) is 0. The molecule has 1 aromatic heterocycles. The summed E-state index contributed by atoms with van der Waals surface area (Å²) in [5.41, 5.74) is 1.73. The van der Waals surface area contributed by atoms with Gasteiger partial charge >= 0.3 is 0 Å². The lowest BCUT2D eigenvalue weighted by molar-refractivity contribution is 0.0392. The summed E-state index contributed by atoms with van der Waals surface area (Å²) in [4.78, 5) is 0. The Morgan fingerprint density at radius 1 is 1.33 bits per heavy atom. The number of halogens is 1. The smallest absolute Gasteiger partial charge is 0.153 e. The molecule has 90 valence electrons. The van der Waals surface area contributed by atoms with Gasteiger partial charge in [0.15, 0.2) is 6.23 Å². The maximum Gasteiger partial charge on any atom is 0.153 e.